The summed E-state index contributed by atoms with van der Waals surface area (Å²) in [4.78, 5) is 12.0. The van der Waals surface area contributed by atoms with Crippen LogP contribution in [0.1, 0.15) is 30.0 Å². The van der Waals surface area contributed by atoms with Gasteiger partial charge in [0.25, 0.3) is 0 Å². The first-order valence-electron chi connectivity index (χ1n) is 8.26. The molecule has 8 nitrogen and oxygen atoms in total. The van der Waals surface area contributed by atoms with Gasteiger partial charge in [0.1, 0.15) is 11.3 Å². The van der Waals surface area contributed by atoms with Gasteiger partial charge in [-0.3, -0.25) is 10.1 Å². The molecule has 0 bridgehead atoms. The van der Waals surface area contributed by atoms with E-state index in [2.05, 4.69) is 39.6 Å². The second-order valence-corrected chi connectivity index (χ2v) is 7.76. The van der Waals surface area contributed by atoms with Gasteiger partial charge in [0.2, 0.25) is 11.0 Å². The maximum absolute atomic E-state index is 12.0. The van der Waals surface area contributed by atoms with Crippen LogP contribution in [0.5, 0.6) is 5.75 Å². The Labute approximate surface area is 165 Å². The predicted octanol–water partition coefficient (Wildman–Crippen LogP) is 3.15. The molecule has 3 rings (SSSR count). The van der Waals surface area contributed by atoms with Crippen molar-refractivity contribution in [3.8, 4) is 5.75 Å². The van der Waals surface area contributed by atoms with Crippen LogP contribution in [0.4, 0.5) is 5.13 Å². The van der Waals surface area contributed by atoms with Crippen molar-refractivity contribution in [1.82, 2.24) is 25.0 Å². The molecule has 1 amide bonds. The summed E-state index contributed by atoms with van der Waals surface area (Å²) in [5.74, 6) is 1.53. The summed E-state index contributed by atoms with van der Waals surface area (Å²) in [5, 5.41) is 19.7. The molecule has 1 atom stereocenters. The Morgan fingerprint density at radius 2 is 2.11 bits per heavy atom. The van der Waals surface area contributed by atoms with Gasteiger partial charge in [-0.2, -0.15) is 0 Å². The number of hydrogen-bond acceptors (Lipinski definition) is 8. The second-order valence-electron chi connectivity index (χ2n) is 5.99. The zero-order valence-corrected chi connectivity index (χ0v) is 17.1. The van der Waals surface area contributed by atoms with Crippen molar-refractivity contribution >= 4 is 34.1 Å². The van der Waals surface area contributed by atoms with Crippen LogP contribution in [0.2, 0.25) is 0 Å². The molecule has 0 saturated heterocycles. The summed E-state index contributed by atoms with van der Waals surface area (Å²) < 4.78 is 7.84. The Bertz CT molecular complexity index is 926. The third-order valence-electron chi connectivity index (χ3n) is 3.96. The Hall–Kier alpha value is -2.46. The lowest BCUT2D eigenvalue weighted by atomic mass is 10.1. The number of ether oxygens (including phenoxy) is 1. The monoisotopic (exact) mass is 404 g/mol. The van der Waals surface area contributed by atoms with Gasteiger partial charge in [0.05, 0.1) is 5.75 Å². The van der Waals surface area contributed by atoms with E-state index in [4.69, 9.17) is 4.74 Å². The van der Waals surface area contributed by atoms with Crippen LogP contribution in [-0.4, -0.2) is 36.6 Å². The van der Waals surface area contributed by atoms with Crippen molar-refractivity contribution in [2.24, 2.45) is 7.05 Å². The molecule has 2 heterocycles. The molecule has 0 spiro atoms. The van der Waals surface area contributed by atoms with Crippen LogP contribution in [0.15, 0.2) is 28.9 Å². The smallest absolute Gasteiger partial charge is 0.236 e. The molecule has 2 aromatic heterocycles. The minimum absolute atomic E-state index is 0.166. The molecule has 0 saturated carbocycles. The first-order valence-corrected chi connectivity index (χ1v) is 10.1. The molecular formula is C17H20N6O2S2. The fourth-order valence-electron chi connectivity index (χ4n) is 2.36. The van der Waals surface area contributed by atoms with Gasteiger partial charge in [0, 0.05) is 7.05 Å². The van der Waals surface area contributed by atoms with Crippen LogP contribution < -0.4 is 10.1 Å². The fraction of sp³-hybridized carbons (Fsp3) is 0.353. The van der Waals surface area contributed by atoms with Gasteiger partial charge in [-0.15, -0.1) is 20.4 Å². The van der Waals surface area contributed by atoms with E-state index in [0.29, 0.717) is 16.1 Å². The van der Waals surface area contributed by atoms with E-state index in [1.165, 1.54) is 34.2 Å². The molecule has 0 aliphatic rings. The summed E-state index contributed by atoms with van der Waals surface area (Å²) in [6, 6.07) is 5.99. The lowest BCUT2D eigenvalue weighted by Gasteiger charge is -2.15. The number of benzene rings is 1. The molecule has 3 aromatic rings. The number of aromatic nitrogens is 5. The van der Waals surface area contributed by atoms with Gasteiger partial charge in [-0.25, -0.2) is 0 Å². The molecular weight excluding hydrogens is 384 g/mol. The maximum atomic E-state index is 12.0. The molecule has 0 fully saturated rings. The van der Waals surface area contributed by atoms with E-state index >= 15 is 0 Å². The molecule has 0 aliphatic carbocycles. The molecule has 10 heteroatoms. The molecule has 27 heavy (non-hydrogen) atoms. The lowest BCUT2D eigenvalue weighted by Crippen LogP contribution is -2.14. The second kappa shape index (κ2) is 8.49. The van der Waals surface area contributed by atoms with Gasteiger partial charge in [-0.1, -0.05) is 29.2 Å². The number of thioether (sulfide) groups is 1. The average molecular weight is 405 g/mol. The van der Waals surface area contributed by atoms with Gasteiger partial charge >= 0.3 is 0 Å². The zero-order chi connectivity index (χ0) is 19.4. The summed E-state index contributed by atoms with van der Waals surface area (Å²) in [6.07, 6.45) is -0.269. The Kier molecular flexibility index (Phi) is 6.07. The highest BCUT2D eigenvalue weighted by molar-refractivity contribution is 7.99. The van der Waals surface area contributed by atoms with Crippen LogP contribution in [0, 0.1) is 13.8 Å². The lowest BCUT2D eigenvalue weighted by molar-refractivity contribution is -0.113. The minimum Gasteiger partial charge on any atom is -0.483 e. The number of nitrogens with one attached hydrogen (secondary N) is 1. The normalized spacial score (nSPS) is 12.0. The number of anilines is 1. The van der Waals surface area contributed by atoms with Crippen molar-refractivity contribution in [3.05, 3.63) is 40.7 Å². The Morgan fingerprint density at radius 3 is 2.81 bits per heavy atom. The summed E-state index contributed by atoms with van der Waals surface area (Å²) in [6.45, 7) is 6.04. The molecule has 1 unspecified atom stereocenters. The first-order chi connectivity index (χ1) is 12.9. The Balaban J connectivity index is 1.60. The molecule has 0 radical (unpaired) electrons. The Morgan fingerprint density at radius 1 is 1.30 bits per heavy atom. The highest BCUT2D eigenvalue weighted by atomic mass is 32.2. The zero-order valence-electron chi connectivity index (χ0n) is 15.5. The van der Waals surface area contributed by atoms with Crippen molar-refractivity contribution in [3.63, 3.8) is 0 Å². The highest BCUT2D eigenvalue weighted by Crippen LogP contribution is 2.25. The van der Waals surface area contributed by atoms with Crippen molar-refractivity contribution < 1.29 is 9.53 Å². The number of carbonyl (C=O) groups excluding carboxylic acids is 1. The van der Waals surface area contributed by atoms with Gasteiger partial charge in [0.15, 0.2) is 17.1 Å². The molecule has 1 N–H and O–H groups in total. The van der Waals surface area contributed by atoms with Gasteiger partial charge in [-0.05, 0) is 44.0 Å². The van der Waals surface area contributed by atoms with E-state index in [1.807, 2.05) is 36.7 Å². The summed E-state index contributed by atoms with van der Waals surface area (Å²) in [5.41, 5.74) is 3.96. The van der Waals surface area contributed by atoms with Gasteiger partial charge < -0.3 is 9.30 Å². The van der Waals surface area contributed by atoms with Crippen LogP contribution in [0.3, 0.4) is 0 Å². The standard InChI is InChI=1S/C17H20N6O2S2/c1-10-5-6-13(7-11(10)2)25-12(3)15-20-22-17(23(15)4)26-8-14(24)19-16-21-18-9-27-16/h5-7,9,12H,8H2,1-4H3,(H,19,21,24). The van der Waals surface area contributed by atoms with E-state index < -0.39 is 0 Å². The SMILES string of the molecule is Cc1ccc(OC(C)c2nnc(SCC(=O)Nc3nncs3)n2C)cc1C. The highest BCUT2D eigenvalue weighted by Gasteiger charge is 2.18. The molecule has 142 valence electrons. The first kappa shape index (κ1) is 19.3. The van der Waals surface area contributed by atoms with Crippen LogP contribution in [0.25, 0.3) is 0 Å². The summed E-state index contributed by atoms with van der Waals surface area (Å²) in [7, 11) is 1.86. The predicted molar refractivity (Wildman–Crippen MR) is 105 cm³/mol. The number of aryl methyl sites for hydroxylation is 2. The minimum atomic E-state index is -0.269. The number of amides is 1. The maximum Gasteiger partial charge on any atom is 0.236 e. The fourth-order valence-corrected chi connectivity index (χ4v) is 3.54. The van der Waals surface area contributed by atoms with Crippen LogP contribution in [-0.2, 0) is 11.8 Å². The van der Waals surface area contributed by atoms with Crippen molar-refractivity contribution in [2.75, 3.05) is 11.1 Å². The van der Waals surface area contributed by atoms with E-state index in [0.717, 1.165) is 5.75 Å². The summed E-state index contributed by atoms with van der Waals surface area (Å²) >= 11 is 2.58. The number of nitrogens with zero attached hydrogens (tertiary/aromatic N) is 5. The molecule has 0 aliphatic heterocycles. The number of hydrogen-bond donors (Lipinski definition) is 1. The van der Waals surface area contributed by atoms with E-state index in [9.17, 15) is 4.79 Å². The van der Waals surface area contributed by atoms with Crippen molar-refractivity contribution in [2.45, 2.75) is 32.0 Å². The van der Waals surface area contributed by atoms with E-state index in [-0.39, 0.29) is 17.8 Å². The van der Waals surface area contributed by atoms with E-state index in [1.54, 1.807) is 5.51 Å². The van der Waals surface area contributed by atoms with Crippen LogP contribution >= 0.6 is 23.1 Å². The quantitative estimate of drug-likeness (QED) is 0.604. The number of rotatable bonds is 7. The third kappa shape index (κ3) is 4.83. The van der Waals surface area contributed by atoms with Crippen molar-refractivity contribution in [1.29, 1.82) is 0 Å². The number of carbonyl (C=O) groups is 1. The third-order valence-corrected chi connectivity index (χ3v) is 5.59. The largest absolute Gasteiger partial charge is 0.483 e. The topological polar surface area (TPSA) is 94.8 Å². The molecule has 1 aromatic carbocycles. The average Bonchev–Trinajstić information content (AvgIpc) is 3.26.